The Morgan fingerprint density at radius 2 is 1.81 bits per heavy atom. The molecule has 0 aliphatic heterocycles. The van der Waals surface area contributed by atoms with Gasteiger partial charge in [-0.2, -0.15) is 4.31 Å². The van der Waals surface area contributed by atoms with Crippen LogP contribution in [-0.4, -0.2) is 25.8 Å². The fourth-order valence-electron chi connectivity index (χ4n) is 2.90. The molecule has 0 spiro atoms. The second-order valence-electron chi connectivity index (χ2n) is 6.05. The van der Waals surface area contributed by atoms with Crippen molar-refractivity contribution >= 4 is 27.3 Å². The SMILES string of the molecule is Cc1c(N)cc(Cl)cc1S(=O)(=O)N(C)C1CCC(C)CC1. The van der Waals surface area contributed by atoms with Crippen LogP contribution in [0.2, 0.25) is 5.02 Å². The first-order valence-corrected chi connectivity index (χ1v) is 9.09. The second-order valence-corrected chi connectivity index (χ2v) is 8.46. The molecule has 0 atom stereocenters. The van der Waals surface area contributed by atoms with E-state index in [2.05, 4.69) is 6.92 Å². The number of anilines is 1. The molecule has 118 valence electrons. The molecule has 2 N–H and O–H groups in total. The standard InChI is InChI=1S/C15H23ClN2O2S/c1-10-4-6-13(7-5-10)18(3)21(19,20)15-9-12(16)8-14(17)11(15)2/h8-10,13H,4-7,17H2,1-3H3. The Kier molecular flexibility index (Phi) is 4.85. The largest absolute Gasteiger partial charge is 0.398 e. The average Bonchev–Trinajstić information content (AvgIpc) is 2.42. The second kappa shape index (κ2) is 6.15. The number of hydrogen-bond donors (Lipinski definition) is 1. The fraction of sp³-hybridized carbons (Fsp3) is 0.600. The summed E-state index contributed by atoms with van der Waals surface area (Å²) < 4.78 is 27.2. The minimum atomic E-state index is -3.56. The van der Waals surface area contributed by atoms with Gasteiger partial charge in [-0.15, -0.1) is 0 Å². The van der Waals surface area contributed by atoms with E-state index in [-0.39, 0.29) is 10.9 Å². The Bertz CT molecular complexity index is 623. The van der Waals surface area contributed by atoms with E-state index in [1.165, 1.54) is 10.4 Å². The van der Waals surface area contributed by atoms with Gasteiger partial charge in [0.15, 0.2) is 0 Å². The van der Waals surface area contributed by atoms with Gasteiger partial charge >= 0.3 is 0 Å². The molecule has 0 saturated heterocycles. The van der Waals surface area contributed by atoms with Gasteiger partial charge in [0, 0.05) is 23.8 Å². The molecule has 1 aromatic carbocycles. The first kappa shape index (κ1) is 16.6. The summed E-state index contributed by atoms with van der Waals surface area (Å²) in [5.41, 5.74) is 6.82. The highest BCUT2D eigenvalue weighted by molar-refractivity contribution is 7.89. The molecule has 1 aliphatic carbocycles. The summed E-state index contributed by atoms with van der Waals surface area (Å²) >= 11 is 5.97. The number of nitrogens with two attached hydrogens (primary N) is 1. The topological polar surface area (TPSA) is 63.4 Å². The molecule has 0 aromatic heterocycles. The molecule has 0 heterocycles. The Hall–Kier alpha value is -0.780. The van der Waals surface area contributed by atoms with Crippen LogP contribution < -0.4 is 5.73 Å². The molecule has 0 radical (unpaired) electrons. The van der Waals surface area contributed by atoms with Gasteiger partial charge in [-0.1, -0.05) is 18.5 Å². The zero-order valence-electron chi connectivity index (χ0n) is 12.8. The van der Waals surface area contributed by atoms with Gasteiger partial charge in [-0.25, -0.2) is 8.42 Å². The molecular formula is C15H23ClN2O2S. The van der Waals surface area contributed by atoms with Gasteiger partial charge in [0.2, 0.25) is 10.0 Å². The van der Waals surface area contributed by atoms with Crippen molar-refractivity contribution < 1.29 is 8.42 Å². The first-order valence-electron chi connectivity index (χ1n) is 7.27. The van der Waals surface area contributed by atoms with Crippen LogP contribution in [0, 0.1) is 12.8 Å². The van der Waals surface area contributed by atoms with Crippen LogP contribution in [0.25, 0.3) is 0 Å². The summed E-state index contributed by atoms with van der Waals surface area (Å²) in [5, 5.41) is 0.349. The lowest BCUT2D eigenvalue weighted by molar-refractivity contribution is 0.246. The molecule has 2 rings (SSSR count). The third-order valence-electron chi connectivity index (χ3n) is 4.52. The van der Waals surface area contributed by atoms with Gasteiger partial charge in [-0.05, 0) is 56.2 Å². The number of benzene rings is 1. The minimum absolute atomic E-state index is 0.0609. The van der Waals surface area contributed by atoms with Crippen molar-refractivity contribution in [3.8, 4) is 0 Å². The smallest absolute Gasteiger partial charge is 0.243 e. The van der Waals surface area contributed by atoms with Crippen molar-refractivity contribution in [2.45, 2.75) is 50.5 Å². The average molecular weight is 331 g/mol. The first-order chi connectivity index (χ1) is 9.73. The Balaban J connectivity index is 2.34. The van der Waals surface area contributed by atoms with E-state index < -0.39 is 10.0 Å². The molecule has 1 aromatic rings. The van der Waals surface area contributed by atoms with E-state index in [1.54, 1.807) is 20.0 Å². The third kappa shape index (κ3) is 3.35. The predicted octanol–water partition coefficient (Wildman–Crippen LogP) is 3.43. The van der Waals surface area contributed by atoms with Crippen LogP contribution in [-0.2, 0) is 10.0 Å². The van der Waals surface area contributed by atoms with Gasteiger partial charge < -0.3 is 5.73 Å². The normalized spacial score (nSPS) is 23.5. The maximum absolute atomic E-state index is 12.8. The maximum Gasteiger partial charge on any atom is 0.243 e. The molecule has 6 heteroatoms. The highest BCUT2D eigenvalue weighted by Crippen LogP contribution is 2.32. The monoisotopic (exact) mass is 330 g/mol. The fourth-order valence-corrected chi connectivity index (χ4v) is 4.89. The zero-order valence-corrected chi connectivity index (χ0v) is 14.3. The van der Waals surface area contributed by atoms with Crippen LogP contribution >= 0.6 is 11.6 Å². The van der Waals surface area contributed by atoms with Crippen molar-refractivity contribution in [1.29, 1.82) is 0 Å². The van der Waals surface area contributed by atoms with Gasteiger partial charge in [0.25, 0.3) is 0 Å². The van der Waals surface area contributed by atoms with E-state index in [0.717, 1.165) is 25.7 Å². The highest BCUT2D eigenvalue weighted by atomic mass is 35.5. The van der Waals surface area contributed by atoms with Crippen molar-refractivity contribution in [3.05, 3.63) is 22.7 Å². The molecule has 0 bridgehead atoms. The van der Waals surface area contributed by atoms with Gasteiger partial charge in [0.05, 0.1) is 4.90 Å². The third-order valence-corrected chi connectivity index (χ3v) is 6.78. The molecule has 1 saturated carbocycles. The number of nitrogens with zero attached hydrogens (tertiary/aromatic N) is 1. The van der Waals surface area contributed by atoms with E-state index >= 15 is 0 Å². The summed E-state index contributed by atoms with van der Waals surface area (Å²) in [5.74, 6) is 0.681. The van der Waals surface area contributed by atoms with Gasteiger partial charge in [0.1, 0.15) is 0 Å². The summed E-state index contributed by atoms with van der Waals surface area (Å²) in [7, 11) is -1.90. The lowest BCUT2D eigenvalue weighted by atomic mass is 9.87. The summed E-state index contributed by atoms with van der Waals surface area (Å²) in [6.45, 7) is 3.93. The molecule has 1 aliphatic rings. The Morgan fingerprint density at radius 3 is 2.38 bits per heavy atom. The van der Waals surface area contributed by atoms with Crippen LogP contribution in [0.5, 0.6) is 0 Å². The van der Waals surface area contributed by atoms with E-state index in [4.69, 9.17) is 17.3 Å². The van der Waals surface area contributed by atoms with Gasteiger partial charge in [-0.3, -0.25) is 0 Å². The number of nitrogen functional groups attached to an aromatic ring is 1. The summed E-state index contributed by atoms with van der Waals surface area (Å²) in [6, 6.07) is 3.13. The Labute approximate surface area is 132 Å². The van der Waals surface area contributed by atoms with E-state index in [0.29, 0.717) is 22.2 Å². The van der Waals surface area contributed by atoms with Crippen LogP contribution in [0.3, 0.4) is 0 Å². The lowest BCUT2D eigenvalue weighted by Crippen LogP contribution is -2.39. The number of rotatable bonds is 3. The zero-order chi connectivity index (χ0) is 15.8. The molecule has 1 fully saturated rings. The maximum atomic E-state index is 12.8. The van der Waals surface area contributed by atoms with Crippen molar-refractivity contribution in [2.75, 3.05) is 12.8 Å². The van der Waals surface area contributed by atoms with E-state index in [9.17, 15) is 8.42 Å². The summed E-state index contributed by atoms with van der Waals surface area (Å²) in [4.78, 5) is 0.216. The van der Waals surface area contributed by atoms with Crippen molar-refractivity contribution in [2.24, 2.45) is 5.92 Å². The highest BCUT2D eigenvalue weighted by Gasteiger charge is 2.32. The minimum Gasteiger partial charge on any atom is -0.398 e. The van der Waals surface area contributed by atoms with Crippen molar-refractivity contribution in [1.82, 2.24) is 4.31 Å². The molecular weight excluding hydrogens is 308 g/mol. The Morgan fingerprint density at radius 1 is 1.24 bits per heavy atom. The predicted molar refractivity (Wildman–Crippen MR) is 87.0 cm³/mol. The molecule has 0 amide bonds. The lowest BCUT2D eigenvalue weighted by Gasteiger charge is -2.33. The molecule has 4 nitrogen and oxygen atoms in total. The quantitative estimate of drug-likeness (QED) is 0.863. The number of hydrogen-bond acceptors (Lipinski definition) is 3. The summed E-state index contributed by atoms with van der Waals surface area (Å²) in [6.07, 6.45) is 3.96. The molecule has 21 heavy (non-hydrogen) atoms. The van der Waals surface area contributed by atoms with Crippen molar-refractivity contribution in [3.63, 3.8) is 0 Å². The number of halogens is 1. The van der Waals surface area contributed by atoms with Crippen LogP contribution in [0.15, 0.2) is 17.0 Å². The molecule has 0 unspecified atom stereocenters. The van der Waals surface area contributed by atoms with Crippen LogP contribution in [0.4, 0.5) is 5.69 Å². The van der Waals surface area contributed by atoms with E-state index in [1.807, 2.05) is 0 Å². The van der Waals surface area contributed by atoms with Crippen LogP contribution in [0.1, 0.15) is 38.2 Å². The number of sulfonamides is 1.